The predicted molar refractivity (Wildman–Crippen MR) is 80.3 cm³/mol. The lowest BCUT2D eigenvalue weighted by atomic mass is 9.91. The van der Waals surface area contributed by atoms with E-state index in [1.54, 1.807) is 12.1 Å². The first-order valence-electron chi connectivity index (χ1n) is 6.48. The maximum atomic E-state index is 13.6. The van der Waals surface area contributed by atoms with Gasteiger partial charge in [0.2, 0.25) is 0 Å². The number of rotatable bonds is 3. The summed E-state index contributed by atoms with van der Waals surface area (Å²) >= 11 is 5.90. The molecule has 1 atom stereocenters. The standard InChI is InChI=1S/C14H20ClFN2.ClH/c1-10(17)11-4-6-18(7-5-11)9-12-8-13(15)2-3-14(12)16;/h2-3,8,10-11H,4-7,9,17H2,1H3;1H. The molecule has 1 fully saturated rings. The largest absolute Gasteiger partial charge is 0.328 e. The average Bonchev–Trinajstić information content (AvgIpc) is 2.34. The Morgan fingerprint density at radius 3 is 2.63 bits per heavy atom. The van der Waals surface area contributed by atoms with Crippen LogP contribution in [0.2, 0.25) is 5.02 Å². The van der Waals surface area contributed by atoms with E-state index in [0.29, 0.717) is 23.0 Å². The van der Waals surface area contributed by atoms with Gasteiger partial charge in [0.05, 0.1) is 0 Å². The highest BCUT2D eigenvalue weighted by molar-refractivity contribution is 6.30. The molecule has 0 spiro atoms. The summed E-state index contributed by atoms with van der Waals surface area (Å²) in [7, 11) is 0. The molecule has 1 aromatic carbocycles. The van der Waals surface area contributed by atoms with Crippen molar-refractivity contribution in [3.63, 3.8) is 0 Å². The molecule has 2 nitrogen and oxygen atoms in total. The third-order valence-corrected chi connectivity index (χ3v) is 4.01. The number of halogens is 3. The van der Waals surface area contributed by atoms with Gasteiger partial charge in [-0.2, -0.15) is 0 Å². The lowest BCUT2D eigenvalue weighted by Gasteiger charge is -2.33. The van der Waals surface area contributed by atoms with Crippen LogP contribution in [0, 0.1) is 11.7 Å². The molecule has 1 aliphatic heterocycles. The third kappa shape index (κ3) is 4.60. The van der Waals surface area contributed by atoms with Crippen LogP contribution in [0.1, 0.15) is 25.3 Å². The Balaban J connectivity index is 0.00000180. The smallest absolute Gasteiger partial charge is 0.127 e. The average molecular weight is 307 g/mol. The maximum absolute atomic E-state index is 13.6. The Bertz CT molecular complexity index is 404. The minimum absolute atomic E-state index is 0. The van der Waals surface area contributed by atoms with E-state index in [9.17, 15) is 4.39 Å². The summed E-state index contributed by atoms with van der Waals surface area (Å²) in [5, 5.41) is 0.594. The summed E-state index contributed by atoms with van der Waals surface area (Å²) in [5.41, 5.74) is 6.60. The highest BCUT2D eigenvalue weighted by Gasteiger charge is 2.22. The van der Waals surface area contributed by atoms with Crippen molar-refractivity contribution >= 4 is 24.0 Å². The maximum Gasteiger partial charge on any atom is 0.127 e. The number of piperidine rings is 1. The van der Waals surface area contributed by atoms with Gasteiger partial charge in [0.1, 0.15) is 5.82 Å². The highest BCUT2D eigenvalue weighted by atomic mass is 35.5. The van der Waals surface area contributed by atoms with Crippen LogP contribution in [0.25, 0.3) is 0 Å². The summed E-state index contributed by atoms with van der Waals surface area (Å²) < 4.78 is 13.6. The van der Waals surface area contributed by atoms with E-state index >= 15 is 0 Å². The number of hydrogen-bond acceptors (Lipinski definition) is 2. The van der Waals surface area contributed by atoms with E-state index < -0.39 is 0 Å². The quantitative estimate of drug-likeness (QED) is 0.926. The van der Waals surface area contributed by atoms with Gasteiger partial charge in [-0.25, -0.2) is 4.39 Å². The molecule has 0 bridgehead atoms. The van der Waals surface area contributed by atoms with Crippen LogP contribution >= 0.6 is 24.0 Å². The van der Waals surface area contributed by atoms with Gasteiger partial charge in [-0.3, -0.25) is 4.90 Å². The number of benzene rings is 1. The Morgan fingerprint density at radius 1 is 1.42 bits per heavy atom. The number of likely N-dealkylation sites (tertiary alicyclic amines) is 1. The van der Waals surface area contributed by atoms with E-state index in [4.69, 9.17) is 17.3 Å². The number of hydrogen-bond donors (Lipinski definition) is 1. The van der Waals surface area contributed by atoms with Crippen LogP contribution in [0.15, 0.2) is 18.2 Å². The lowest BCUT2D eigenvalue weighted by molar-refractivity contribution is 0.164. The fourth-order valence-corrected chi connectivity index (χ4v) is 2.74. The van der Waals surface area contributed by atoms with Gasteiger partial charge < -0.3 is 5.73 Å². The molecule has 5 heteroatoms. The Labute approximate surface area is 125 Å². The van der Waals surface area contributed by atoms with Crippen molar-refractivity contribution in [2.45, 2.75) is 32.4 Å². The van der Waals surface area contributed by atoms with Gasteiger partial charge in [0.15, 0.2) is 0 Å². The summed E-state index contributed by atoms with van der Waals surface area (Å²) in [6.45, 7) is 4.67. The molecule has 2 N–H and O–H groups in total. The van der Waals surface area contributed by atoms with Crippen LogP contribution in [0.5, 0.6) is 0 Å². The molecule has 0 amide bonds. The van der Waals surface area contributed by atoms with Crippen LogP contribution in [-0.4, -0.2) is 24.0 Å². The van der Waals surface area contributed by atoms with E-state index in [1.165, 1.54) is 6.07 Å². The molecule has 1 saturated heterocycles. The minimum Gasteiger partial charge on any atom is -0.328 e. The molecule has 0 aliphatic carbocycles. The van der Waals surface area contributed by atoms with Crippen LogP contribution in [-0.2, 0) is 6.54 Å². The Morgan fingerprint density at radius 2 is 2.05 bits per heavy atom. The van der Waals surface area contributed by atoms with Gasteiger partial charge in [-0.05, 0) is 57.0 Å². The SMILES string of the molecule is CC(N)C1CCN(Cc2cc(Cl)ccc2F)CC1.Cl. The van der Waals surface area contributed by atoms with Crippen molar-refractivity contribution in [1.82, 2.24) is 4.90 Å². The van der Waals surface area contributed by atoms with Gasteiger partial charge in [-0.1, -0.05) is 11.6 Å². The van der Waals surface area contributed by atoms with Crippen molar-refractivity contribution < 1.29 is 4.39 Å². The number of nitrogens with two attached hydrogens (primary N) is 1. The summed E-state index contributed by atoms with van der Waals surface area (Å²) in [6.07, 6.45) is 2.19. The Hall–Kier alpha value is -0.350. The molecule has 1 heterocycles. The Kier molecular flexibility index (Phi) is 6.54. The van der Waals surface area contributed by atoms with E-state index in [-0.39, 0.29) is 24.3 Å². The third-order valence-electron chi connectivity index (χ3n) is 3.78. The molecule has 1 aliphatic rings. The summed E-state index contributed by atoms with van der Waals surface area (Å²) in [4.78, 5) is 2.27. The fourth-order valence-electron chi connectivity index (χ4n) is 2.54. The van der Waals surface area contributed by atoms with E-state index in [0.717, 1.165) is 25.9 Å². The monoisotopic (exact) mass is 306 g/mol. The number of nitrogens with zero attached hydrogens (tertiary/aromatic N) is 1. The zero-order valence-corrected chi connectivity index (χ0v) is 12.7. The molecule has 0 saturated carbocycles. The molecule has 1 aromatic rings. The normalized spacial score (nSPS) is 18.9. The van der Waals surface area contributed by atoms with Crippen molar-refractivity contribution in [2.24, 2.45) is 11.7 Å². The van der Waals surface area contributed by atoms with E-state index in [1.807, 2.05) is 0 Å². The van der Waals surface area contributed by atoms with Crippen molar-refractivity contribution in [1.29, 1.82) is 0 Å². The zero-order chi connectivity index (χ0) is 13.1. The van der Waals surface area contributed by atoms with Gasteiger partial charge in [0, 0.05) is 23.2 Å². The second kappa shape index (κ2) is 7.44. The first kappa shape index (κ1) is 16.7. The second-order valence-corrected chi connectivity index (χ2v) is 5.64. The van der Waals surface area contributed by atoms with Gasteiger partial charge in [-0.15, -0.1) is 12.4 Å². The van der Waals surface area contributed by atoms with Gasteiger partial charge in [0.25, 0.3) is 0 Å². The lowest BCUT2D eigenvalue weighted by Crippen LogP contribution is -2.39. The van der Waals surface area contributed by atoms with Crippen LogP contribution in [0.4, 0.5) is 4.39 Å². The van der Waals surface area contributed by atoms with E-state index in [2.05, 4.69) is 11.8 Å². The first-order valence-corrected chi connectivity index (χ1v) is 6.86. The molecule has 108 valence electrons. The molecule has 0 aromatic heterocycles. The minimum atomic E-state index is -0.172. The molecule has 0 radical (unpaired) electrons. The molecule has 19 heavy (non-hydrogen) atoms. The fraction of sp³-hybridized carbons (Fsp3) is 0.571. The highest BCUT2D eigenvalue weighted by Crippen LogP contribution is 2.22. The van der Waals surface area contributed by atoms with Crippen molar-refractivity contribution in [3.8, 4) is 0 Å². The molecular weight excluding hydrogens is 286 g/mol. The molecular formula is C14H21Cl2FN2. The van der Waals surface area contributed by atoms with Crippen LogP contribution in [0.3, 0.4) is 0 Å². The second-order valence-electron chi connectivity index (χ2n) is 5.21. The van der Waals surface area contributed by atoms with Crippen LogP contribution < -0.4 is 5.73 Å². The van der Waals surface area contributed by atoms with Crippen molar-refractivity contribution in [2.75, 3.05) is 13.1 Å². The summed E-state index contributed by atoms with van der Waals surface area (Å²) in [5.74, 6) is 0.430. The predicted octanol–water partition coefficient (Wildman–Crippen LogP) is 3.46. The van der Waals surface area contributed by atoms with Gasteiger partial charge >= 0.3 is 0 Å². The summed E-state index contributed by atoms with van der Waals surface area (Å²) in [6, 6.07) is 5.00. The molecule has 2 rings (SSSR count). The first-order chi connectivity index (χ1) is 8.56. The zero-order valence-electron chi connectivity index (χ0n) is 11.1. The topological polar surface area (TPSA) is 29.3 Å². The van der Waals surface area contributed by atoms with Crippen molar-refractivity contribution in [3.05, 3.63) is 34.6 Å². The molecule has 1 unspecified atom stereocenters.